The van der Waals surface area contributed by atoms with Crippen molar-refractivity contribution >= 4 is 50.3 Å². The van der Waals surface area contributed by atoms with Crippen molar-refractivity contribution in [2.24, 2.45) is 0 Å². The molecular weight excluding hydrogens is 442 g/mol. The Morgan fingerprint density at radius 2 is 1.84 bits per heavy atom. The summed E-state index contributed by atoms with van der Waals surface area (Å²) in [4.78, 5) is 16.7. The summed E-state index contributed by atoms with van der Waals surface area (Å²) in [6, 6.07) is 23.5. The van der Waals surface area contributed by atoms with Crippen molar-refractivity contribution in [2.75, 3.05) is 12.9 Å². The molecule has 0 amide bonds. The van der Waals surface area contributed by atoms with E-state index in [0.717, 1.165) is 31.3 Å². The summed E-state index contributed by atoms with van der Waals surface area (Å²) in [6.07, 6.45) is 1.94. The maximum atomic E-state index is 11.2. The minimum atomic E-state index is -0.872. The van der Waals surface area contributed by atoms with Crippen molar-refractivity contribution in [1.82, 2.24) is 4.98 Å². The number of fused-ring (bicyclic) bond motifs is 1. The summed E-state index contributed by atoms with van der Waals surface area (Å²) in [5.74, 6) is 0.341. The second-order valence-corrected chi connectivity index (χ2v) is 8.91. The van der Waals surface area contributed by atoms with Crippen molar-refractivity contribution in [1.29, 1.82) is 0 Å². The fraction of sp³-hybridized carbons (Fsp3) is 0.120. The predicted molar refractivity (Wildman–Crippen MR) is 131 cm³/mol. The minimum absolute atomic E-state index is 0.0464. The minimum Gasteiger partial charge on any atom is -0.493 e. The summed E-state index contributed by atoms with van der Waals surface area (Å²) in [5, 5.41) is 10.00. The van der Waals surface area contributed by atoms with E-state index in [4.69, 9.17) is 14.5 Å². The number of para-hydroxylation sites is 1. The van der Waals surface area contributed by atoms with Crippen LogP contribution >= 0.6 is 23.1 Å². The van der Waals surface area contributed by atoms with Crippen molar-refractivity contribution in [3.05, 3.63) is 88.9 Å². The first-order valence-electron chi connectivity index (χ1n) is 9.89. The number of rotatable bonds is 9. The van der Waals surface area contributed by atoms with Gasteiger partial charge in [-0.15, -0.1) is 23.1 Å². The number of carbonyl (C=O) groups is 1. The smallest absolute Gasteiger partial charge is 0.313 e. The predicted octanol–water partition coefficient (Wildman–Crippen LogP) is 6.20. The number of carboxylic acid groups (broad SMARTS) is 1. The van der Waals surface area contributed by atoms with Crippen LogP contribution < -0.4 is 9.47 Å². The maximum absolute atomic E-state index is 11.2. The third-order valence-electron chi connectivity index (χ3n) is 4.58. The molecule has 162 valence electrons. The van der Waals surface area contributed by atoms with Gasteiger partial charge < -0.3 is 14.6 Å². The highest BCUT2D eigenvalue weighted by Gasteiger charge is 2.13. The van der Waals surface area contributed by atoms with Crippen LogP contribution in [0, 0.1) is 0 Å². The van der Waals surface area contributed by atoms with Gasteiger partial charge in [0.2, 0.25) is 0 Å². The van der Waals surface area contributed by atoms with E-state index in [1.165, 1.54) is 11.8 Å². The number of benzene rings is 3. The number of hydrogen-bond donors (Lipinski definition) is 1. The Hall–Kier alpha value is -3.29. The Morgan fingerprint density at radius 3 is 2.59 bits per heavy atom. The Kier molecular flexibility index (Phi) is 7.09. The molecule has 7 heteroatoms. The van der Waals surface area contributed by atoms with Crippen LogP contribution in [0.4, 0.5) is 0 Å². The first kappa shape index (κ1) is 21.9. The van der Waals surface area contributed by atoms with Gasteiger partial charge in [0.1, 0.15) is 11.6 Å². The average molecular weight is 464 g/mol. The zero-order valence-corrected chi connectivity index (χ0v) is 19.0. The fourth-order valence-corrected chi connectivity index (χ4v) is 4.91. The molecule has 1 heterocycles. The molecule has 0 atom stereocenters. The van der Waals surface area contributed by atoms with Gasteiger partial charge >= 0.3 is 5.97 Å². The number of aliphatic carboxylic acids is 1. The van der Waals surface area contributed by atoms with Gasteiger partial charge in [0.15, 0.2) is 11.5 Å². The van der Waals surface area contributed by atoms with E-state index in [9.17, 15) is 9.90 Å². The molecule has 0 saturated carbocycles. The molecule has 0 spiro atoms. The zero-order valence-electron chi connectivity index (χ0n) is 17.4. The normalized spacial score (nSPS) is 11.5. The van der Waals surface area contributed by atoms with E-state index in [0.29, 0.717) is 18.1 Å². The zero-order chi connectivity index (χ0) is 22.3. The molecule has 32 heavy (non-hydrogen) atoms. The molecule has 0 fully saturated rings. The van der Waals surface area contributed by atoms with Gasteiger partial charge in [-0.05, 0) is 41.5 Å². The Morgan fingerprint density at radius 1 is 1.06 bits per heavy atom. The molecule has 0 aliphatic heterocycles. The fourth-order valence-electron chi connectivity index (χ4n) is 3.06. The van der Waals surface area contributed by atoms with Gasteiger partial charge in [0.05, 0.1) is 23.1 Å². The first-order valence-corrected chi connectivity index (χ1v) is 11.7. The number of hydrogen-bond acceptors (Lipinski definition) is 6. The molecule has 0 unspecified atom stereocenters. The van der Waals surface area contributed by atoms with E-state index in [2.05, 4.69) is 0 Å². The van der Waals surface area contributed by atoms with Crippen LogP contribution in [0.25, 0.3) is 21.2 Å². The Bertz CT molecular complexity index is 1220. The largest absolute Gasteiger partial charge is 0.493 e. The molecule has 0 bridgehead atoms. The highest BCUT2D eigenvalue weighted by molar-refractivity contribution is 8.09. The third-order valence-corrected chi connectivity index (χ3v) is 6.79. The number of aromatic nitrogens is 1. The molecule has 1 aromatic heterocycles. The number of methoxy groups -OCH3 is 1. The second kappa shape index (κ2) is 10.3. The van der Waals surface area contributed by atoms with Crippen LogP contribution in [0.5, 0.6) is 11.5 Å². The summed E-state index contributed by atoms with van der Waals surface area (Å²) in [5.41, 5.74) is 2.83. The molecule has 0 aliphatic rings. The van der Waals surface area contributed by atoms with Gasteiger partial charge in [0.25, 0.3) is 0 Å². The highest BCUT2D eigenvalue weighted by atomic mass is 32.2. The Labute approximate surface area is 194 Å². The van der Waals surface area contributed by atoms with Crippen LogP contribution in [-0.2, 0) is 11.4 Å². The first-order chi connectivity index (χ1) is 15.6. The van der Waals surface area contributed by atoms with Gasteiger partial charge in [0, 0.05) is 4.91 Å². The number of nitrogens with zero attached hydrogens (tertiary/aromatic N) is 1. The highest BCUT2D eigenvalue weighted by Crippen LogP contribution is 2.37. The van der Waals surface area contributed by atoms with E-state index in [-0.39, 0.29) is 5.75 Å². The lowest BCUT2D eigenvalue weighted by atomic mass is 10.2. The van der Waals surface area contributed by atoms with Crippen LogP contribution in [-0.4, -0.2) is 28.9 Å². The molecule has 4 rings (SSSR count). The van der Waals surface area contributed by atoms with Crippen molar-refractivity contribution < 1.29 is 19.4 Å². The number of carboxylic acids is 1. The number of thiazole rings is 1. The van der Waals surface area contributed by atoms with Crippen LogP contribution in [0.2, 0.25) is 0 Å². The molecule has 4 aromatic rings. The Balaban J connectivity index is 1.66. The second-order valence-electron chi connectivity index (χ2n) is 6.86. The number of ether oxygens (including phenoxy) is 2. The lowest BCUT2D eigenvalue weighted by molar-refractivity contribution is -0.133. The number of thioether (sulfide) groups is 1. The molecule has 3 aromatic carbocycles. The summed E-state index contributed by atoms with van der Waals surface area (Å²) in [6.45, 7) is 0.420. The molecule has 0 aliphatic carbocycles. The SMILES string of the molecule is COc1ccc(/C=C(\SCC(=O)O)c2nc3ccccc3s2)cc1OCc1ccccc1. The van der Waals surface area contributed by atoms with Crippen LogP contribution in [0.3, 0.4) is 0 Å². The summed E-state index contributed by atoms with van der Waals surface area (Å²) < 4.78 is 12.5. The molecule has 5 nitrogen and oxygen atoms in total. The maximum Gasteiger partial charge on any atom is 0.313 e. The molecule has 1 N–H and O–H groups in total. The van der Waals surface area contributed by atoms with Gasteiger partial charge in [-0.2, -0.15) is 0 Å². The molecule has 0 saturated heterocycles. The van der Waals surface area contributed by atoms with Gasteiger partial charge in [-0.25, -0.2) is 4.98 Å². The lowest BCUT2D eigenvalue weighted by Gasteiger charge is -2.12. The summed E-state index contributed by atoms with van der Waals surface area (Å²) >= 11 is 2.80. The van der Waals surface area contributed by atoms with Gasteiger partial charge in [-0.1, -0.05) is 48.5 Å². The topological polar surface area (TPSA) is 68.7 Å². The average Bonchev–Trinajstić information content (AvgIpc) is 3.25. The molecular formula is C25H21NO4S2. The van der Waals surface area contributed by atoms with E-state index in [1.54, 1.807) is 18.4 Å². The van der Waals surface area contributed by atoms with Crippen LogP contribution in [0.15, 0.2) is 72.8 Å². The monoisotopic (exact) mass is 463 g/mol. The third kappa shape index (κ3) is 5.49. The standard InChI is InChI=1S/C25H21NO4S2/c1-29-20-12-11-18(13-21(20)30-15-17-7-3-2-4-8-17)14-23(31-16-24(27)28)25-26-19-9-5-6-10-22(19)32-25/h2-14H,15-16H2,1H3,(H,27,28)/b23-14-. The van der Waals surface area contributed by atoms with E-state index in [1.807, 2.05) is 78.9 Å². The van der Waals surface area contributed by atoms with Gasteiger partial charge in [-0.3, -0.25) is 4.79 Å². The van der Waals surface area contributed by atoms with Crippen molar-refractivity contribution in [3.63, 3.8) is 0 Å². The van der Waals surface area contributed by atoms with Crippen LogP contribution in [0.1, 0.15) is 16.1 Å². The summed E-state index contributed by atoms with van der Waals surface area (Å²) in [7, 11) is 1.61. The van der Waals surface area contributed by atoms with Crippen molar-refractivity contribution in [2.45, 2.75) is 6.61 Å². The van der Waals surface area contributed by atoms with E-state index < -0.39 is 5.97 Å². The lowest BCUT2D eigenvalue weighted by Crippen LogP contribution is -1.99. The van der Waals surface area contributed by atoms with E-state index >= 15 is 0 Å². The quantitative estimate of drug-likeness (QED) is 0.319. The van der Waals surface area contributed by atoms with Crippen molar-refractivity contribution in [3.8, 4) is 11.5 Å². The molecule has 0 radical (unpaired) electrons.